The van der Waals surface area contributed by atoms with Gasteiger partial charge in [0.2, 0.25) is 0 Å². The molecule has 0 atom stereocenters. The van der Waals surface area contributed by atoms with Crippen molar-refractivity contribution in [2.75, 3.05) is 19.8 Å². The van der Waals surface area contributed by atoms with Gasteiger partial charge >= 0.3 is 8.80 Å². The topological polar surface area (TPSA) is 36.9 Å². The summed E-state index contributed by atoms with van der Waals surface area (Å²) in [7, 11) is -2.52. The van der Waals surface area contributed by atoms with Crippen LogP contribution in [0, 0.1) is 0 Å². The monoisotopic (exact) mass is 276 g/mol. The van der Waals surface area contributed by atoms with Crippen LogP contribution in [-0.2, 0) is 18.0 Å². The molecule has 0 N–H and O–H groups in total. The fourth-order valence-electron chi connectivity index (χ4n) is 1.65. The number of hydrogen-bond acceptors (Lipinski definition) is 4. The first-order valence-corrected chi connectivity index (χ1v) is 8.71. The SMILES string of the molecule is CC=COCCC[Si](OCC)(OCC)OC(C)C. The Kier molecular flexibility index (Phi) is 10.3. The second-order valence-electron chi connectivity index (χ2n) is 4.16. The fraction of sp³-hybridized carbons (Fsp3) is 0.846. The lowest BCUT2D eigenvalue weighted by molar-refractivity contribution is 0.0425. The average Bonchev–Trinajstić information content (AvgIpc) is 2.28. The van der Waals surface area contributed by atoms with E-state index in [4.69, 9.17) is 18.0 Å². The van der Waals surface area contributed by atoms with Gasteiger partial charge in [0.05, 0.1) is 12.9 Å². The van der Waals surface area contributed by atoms with Gasteiger partial charge in [-0.25, -0.2) is 0 Å². The van der Waals surface area contributed by atoms with Crippen LogP contribution in [0.15, 0.2) is 12.3 Å². The normalized spacial score (nSPS) is 12.6. The minimum absolute atomic E-state index is 0.117. The zero-order chi connectivity index (χ0) is 13.9. The van der Waals surface area contributed by atoms with Crippen molar-refractivity contribution in [2.24, 2.45) is 0 Å². The minimum Gasteiger partial charge on any atom is -0.502 e. The summed E-state index contributed by atoms with van der Waals surface area (Å²) in [5, 5.41) is 0. The maximum absolute atomic E-state index is 5.95. The van der Waals surface area contributed by atoms with E-state index < -0.39 is 8.80 Å². The van der Waals surface area contributed by atoms with Crippen molar-refractivity contribution in [3.05, 3.63) is 12.3 Å². The van der Waals surface area contributed by atoms with Crippen LogP contribution in [0.1, 0.15) is 41.0 Å². The molecule has 0 heterocycles. The maximum atomic E-state index is 5.95. The zero-order valence-electron chi connectivity index (χ0n) is 12.4. The van der Waals surface area contributed by atoms with Crippen molar-refractivity contribution in [3.63, 3.8) is 0 Å². The molecule has 0 saturated carbocycles. The molecule has 0 aromatic rings. The lowest BCUT2D eigenvalue weighted by Crippen LogP contribution is -2.47. The predicted molar refractivity (Wildman–Crippen MR) is 75.4 cm³/mol. The third kappa shape index (κ3) is 7.87. The minimum atomic E-state index is -2.52. The van der Waals surface area contributed by atoms with Crippen molar-refractivity contribution < 1.29 is 18.0 Å². The molecule has 0 saturated heterocycles. The molecule has 0 radical (unpaired) electrons. The lowest BCUT2D eigenvalue weighted by Gasteiger charge is -2.30. The molecular formula is C13H28O4Si. The first-order valence-electron chi connectivity index (χ1n) is 6.78. The molecule has 0 fully saturated rings. The maximum Gasteiger partial charge on any atom is 0.501 e. The Hall–Kier alpha value is -0.363. The Balaban J connectivity index is 4.31. The highest BCUT2D eigenvalue weighted by Crippen LogP contribution is 2.20. The van der Waals surface area contributed by atoms with E-state index in [2.05, 4.69) is 0 Å². The smallest absolute Gasteiger partial charge is 0.501 e. The van der Waals surface area contributed by atoms with Crippen LogP contribution < -0.4 is 0 Å². The molecule has 0 aliphatic heterocycles. The summed E-state index contributed by atoms with van der Waals surface area (Å²) in [6.45, 7) is 11.8. The van der Waals surface area contributed by atoms with Crippen LogP contribution >= 0.6 is 0 Å². The van der Waals surface area contributed by atoms with E-state index in [0.29, 0.717) is 19.8 Å². The van der Waals surface area contributed by atoms with E-state index >= 15 is 0 Å². The summed E-state index contributed by atoms with van der Waals surface area (Å²) in [5.41, 5.74) is 0. The van der Waals surface area contributed by atoms with Gasteiger partial charge in [-0.05, 0) is 41.0 Å². The lowest BCUT2D eigenvalue weighted by atomic mass is 10.5. The molecule has 4 nitrogen and oxygen atoms in total. The van der Waals surface area contributed by atoms with E-state index in [1.54, 1.807) is 6.26 Å². The molecule has 0 aromatic heterocycles. The van der Waals surface area contributed by atoms with Crippen molar-refractivity contribution >= 4 is 8.80 Å². The van der Waals surface area contributed by atoms with E-state index in [0.717, 1.165) is 12.5 Å². The quantitative estimate of drug-likeness (QED) is 0.329. The summed E-state index contributed by atoms with van der Waals surface area (Å²) >= 11 is 0. The third-order valence-corrected chi connectivity index (χ3v) is 5.37. The molecule has 108 valence electrons. The molecule has 18 heavy (non-hydrogen) atoms. The van der Waals surface area contributed by atoms with Gasteiger partial charge in [0.1, 0.15) is 0 Å². The summed E-state index contributed by atoms with van der Waals surface area (Å²) in [6, 6.07) is 0.796. The summed E-state index contributed by atoms with van der Waals surface area (Å²) in [6.07, 6.45) is 4.57. The number of allylic oxidation sites excluding steroid dienone is 1. The molecule has 0 spiro atoms. The van der Waals surface area contributed by atoms with Crippen molar-refractivity contribution in [1.29, 1.82) is 0 Å². The fourth-order valence-corrected chi connectivity index (χ4v) is 4.45. The van der Waals surface area contributed by atoms with Gasteiger partial charge in [0.25, 0.3) is 0 Å². The van der Waals surface area contributed by atoms with Crippen molar-refractivity contribution in [1.82, 2.24) is 0 Å². The summed E-state index contributed by atoms with van der Waals surface area (Å²) in [4.78, 5) is 0. The first-order chi connectivity index (χ1) is 8.60. The summed E-state index contributed by atoms with van der Waals surface area (Å²) < 4.78 is 22.9. The Morgan fingerprint density at radius 3 is 2.17 bits per heavy atom. The van der Waals surface area contributed by atoms with Gasteiger partial charge in [-0.3, -0.25) is 0 Å². The van der Waals surface area contributed by atoms with E-state index in [-0.39, 0.29) is 6.10 Å². The second-order valence-corrected chi connectivity index (χ2v) is 6.84. The highest BCUT2D eigenvalue weighted by molar-refractivity contribution is 6.60. The Morgan fingerprint density at radius 2 is 1.72 bits per heavy atom. The molecule has 0 aromatic carbocycles. The van der Waals surface area contributed by atoms with Gasteiger partial charge in [-0.2, -0.15) is 0 Å². The predicted octanol–water partition coefficient (Wildman–Crippen LogP) is 3.36. The van der Waals surface area contributed by atoms with Crippen LogP contribution in [0.25, 0.3) is 0 Å². The number of hydrogen-bond donors (Lipinski definition) is 0. The third-order valence-electron chi connectivity index (χ3n) is 2.12. The number of rotatable bonds is 11. The molecule has 0 amide bonds. The van der Waals surface area contributed by atoms with Crippen LogP contribution in [0.2, 0.25) is 6.04 Å². The van der Waals surface area contributed by atoms with E-state index in [9.17, 15) is 0 Å². The molecule has 0 rings (SSSR count). The van der Waals surface area contributed by atoms with Gasteiger partial charge in [-0.1, -0.05) is 6.08 Å². The second kappa shape index (κ2) is 10.5. The standard InChI is InChI=1S/C13H28O4Si/c1-6-10-14-11-9-12-18(15-7-2,16-8-3)17-13(4)5/h6,10,13H,7-9,11-12H2,1-5H3. The highest BCUT2D eigenvalue weighted by Gasteiger charge is 2.41. The zero-order valence-corrected chi connectivity index (χ0v) is 13.4. The van der Waals surface area contributed by atoms with E-state index in [1.807, 2.05) is 40.7 Å². The van der Waals surface area contributed by atoms with Crippen LogP contribution in [0.3, 0.4) is 0 Å². The van der Waals surface area contributed by atoms with Gasteiger partial charge in [0, 0.05) is 25.4 Å². The Labute approximate surface area is 113 Å². The number of ether oxygens (including phenoxy) is 1. The van der Waals surface area contributed by atoms with Gasteiger partial charge < -0.3 is 18.0 Å². The van der Waals surface area contributed by atoms with Gasteiger partial charge in [-0.15, -0.1) is 0 Å². The van der Waals surface area contributed by atoms with Crippen LogP contribution in [-0.4, -0.2) is 34.7 Å². The average molecular weight is 276 g/mol. The molecule has 0 unspecified atom stereocenters. The largest absolute Gasteiger partial charge is 0.502 e. The van der Waals surface area contributed by atoms with E-state index in [1.165, 1.54) is 0 Å². The molecule has 0 aliphatic carbocycles. The van der Waals surface area contributed by atoms with Crippen molar-refractivity contribution in [2.45, 2.75) is 53.2 Å². The molecule has 0 bridgehead atoms. The van der Waals surface area contributed by atoms with Crippen LogP contribution in [0.5, 0.6) is 0 Å². The Morgan fingerprint density at radius 1 is 1.11 bits per heavy atom. The molecule has 5 heteroatoms. The van der Waals surface area contributed by atoms with Gasteiger partial charge in [0.15, 0.2) is 0 Å². The van der Waals surface area contributed by atoms with Crippen LogP contribution in [0.4, 0.5) is 0 Å². The first kappa shape index (κ1) is 17.6. The highest BCUT2D eigenvalue weighted by atomic mass is 28.4. The summed E-state index contributed by atoms with van der Waals surface area (Å²) in [5.74, 6) is 0. The molecular weight excluding hydrogens is 248 g/mol. The Bertz CT molecular complexity index is 213. The van der Waals surface area contributed by atoms with Crippen molar-refractivity contribution in [3.8, 4) is 0 Å². The molecule has 0 aliphatic rings.